The van der Waals surface area contributed by atoms with Gasteiger partial charge in [0.2, 0.25) is 0 Å². The summed E-state index contributed by atoms with van der Waals surface area (Å²) in [6.45, 7) is 1.82. The maximum atomic E-state index is 11.4. The number of hydrogen-bond acceptors (Lipinski definition) is 2. The molecule has 0 aliphatic heterocycles. The van der Waals surface area contributed by atoms with Crippen molar-refractivity contribution < 1.29 is 14.6 Å². The third-order valence-corrected chi connectivity index (χ3v) is 4.40. The van der Waals surface area contributed by atoms with Gasteiger partial charge in [0.25, 0.3) is 0 Å². The lowest BCUT2D eigenvalue weighted by atomic mass is 10.1. The molecule has 0 heterocycles. The second-order valence-electron chi connectivity index (χ2n) is 4.77. The highest BCUT2D eigenvalue weighted by Gasteiger charge is 2.22. The van der Waals surface area contributed by atoms with E-state index in [0.29, 0.717) is 26.4 Å². The van der Waals surface area contributed by atoms with Gasteiger partial charge in [-0.1, -0.05) is 46.9 Å². The summed E-state index contributed by atoms with van der Waals surface area (Å²) in [7, 11) is 0. The molecule has 1 N–H and O–H groups in total. The Balaban J connectivity index is 2.21. The summed E-state index contributed by atoms with van der Waals surface area (Å²) in [6.07, 6.45) is -0.965. The van der Waals surface area contributed by atoms with Crippen molar-refractivity contribution in [3.8, 4) is 5.75 Å². The van der Waals surface area contributed by atoms with Crippen LogP contribution in [0.3, 0.4) is 0 Å². The van der Waals surface area contributed by atoms with Crippen molar-refractivity contribution in [3.63, 3.8) is 0 Å². The van der Waals surface area contributed by atoms with Crippen LogP contribution in [0.15, 0.2) is 36.4 Å². The number of carboxylic acids is 1. The Bertz CT molecular complexity index is 701. The van der Waals surface area contributed by atoms with Gasteiger partial charge in [0.15, 0.2) is 6.10 Å². The predicted octanol–water partition coefficient (Wildman–Crippen LogP) is 5.03. The molecule has 0 aliphatic carbocycles. The van der Waals surface area contributed by atoms with Crippen molar-refractivity contribution in [2.75, 3.05) is 0 Å². The van der Waals surface area contributed by atoms with Crippen LogP contribution in [0.2, 0.25) is 15.1 Å². The van der Waals surface area contributed by atoms with Crippen molar-refractivity contribution in [1.82, 2.24) is 0 Å². The van der Waals surface area contributed by atoms with E-state index in [1.165, 1.54) is 0 Å². The molecule has 3 nitrogen and oxygen atoms in total. The second kappa shape index (κ2) is 7.23. The normalized spacial score (nSPS) is 12.0. The van der Waals surface area contributed by atoms with Crippen LogP contribution >= 0.6 is 34.8 Å². The SMILES string of the molecule is Cc1cc(O[C@H](Cc2cccc(Cl)c2Cl)C(=O)O)ccc1Cl. The molecule has 0 saturated carbocycles. The minimum Gasteiger partial charge on any atom is -0.478 e. The average Bonchev–Trinajstić information content (AvgIpc) is 2.46. The fourth-order valence-electron chi connectivity index (χ4n) is 1.94. The molecule has 0 radical (unpaired) electrons. The first-order chi connectivity index (χ1) is 10.4. The molecule has 1 atom stereocenters. The fourth-order valence-corrected chi connectivity index (χ4v) is 2.45. The van der Waals surface area contributed by atoms with Crippen LogP contribution in [-0.2, 0) is 11.2 Å². The molecule has 0 unspecified atom stereocenters. The van der Waals surface area contributed by atoms with E-state index < -0.39 is 12.1 Å². The first-order valence-corrected chi connectivity index (χ1v) is 7.60. The van der Waals surface area contributed by atoms with E-state index >= 15 is 0 Å². The van der Waals surface area contributed by atoms with Crippen LogP contribution in [0.1, 0.15) is 11.1 Å². The van der Waals surface area contributed by atoms with Crippen LogP contribution in [0.25, 0.3) is 0 Å². The van der Waals surface area contributed by atoms with Crippen molar-refractivity contribution >= 4 is 40.8 Å². The zero-order chi connectivity index (χ0) is 16.3. The highest BCUT2D eigenvalue weighted by atomic mass is 35.5. The monoisotopic (exact) mass is 358 g/mol. The minimum absolute atomic E-state index is 0.108. The standard InChI is InChI=1S/C16H13Cl3O3/c1-9-7-11(5-6-12(9)17)22-14(16(20)21)8-10-3-2-4-13(18)15(10)19/h2-7,14H,8H2,1H3,(H,20,21)/t14-/m1/s1. The van der Waals surface area contributed by atoms with E-state index in [9.17, 15) is 9.90 Å². The smallest absolute Gasteiger partial charge is 0.345 e. The highest BCUT2D eigenvalue weighted by molar-refractivity contribution is 6.42. The molecule has 0 aliphatic rings. The van der Waals surface area contributed by atoms with E-state index in [1.807, 2.05) is 6.92 Å². The maximum absolute atomic E-state index is 11.4. The van der Waals surface area contributed by atoms with E-state index in [2.05, 4.69) is 0 Å². The number of carbonyl (C=O) groups is 1. The first kappa shape index (κ1) is 16.9. The molecule has 2 rings (SSSR count). The molecule has 0 amide bonds. The number of halogens is 3. The highest BCUT2D eigenvalue weighted by Crippen LogP contribution is 2.28. The van der Waals surface area contributed by atoms with Crippen LogP contribution in [0, 0.1) is 6.92 Å². The van der Waals surface area contributed by atoms with Gasteiger partial charge in [0, 0.05) is 11.4 Å². The summed E-state index contributed by atoms with van der Waals surface area (Å²) in [5, 5.41) is 10.7. The molecule has 22 heavy (non-hydrogen) atoms. The number of benzene rings is 2. The largest absolute Gasteiger partial charge is 0.478 e. The van der Waals surface area contributed by atoms with E-state index in [1.54, 1.807) is 36.4 Å². The third-order valence-electron chi connectivity index (χ3n) is 3.12. The molecule has 2 aromatic rings. The number of aliphatic carboxylic acids is 1. The molecule has 116 valence electrons. The summed E-state index contributed by atoms with van der Waals surface area (Å²) in [4.78, 5) is 11.4. The number of rotatable bonds is 5. The molecule has 0 aromatic heterocycles. The average molecular weight is 360 g/mol. The Morgan fingerprint density at radius 3 is 2.55 bits per heavy atom. The molecule has 0 fully saturated rings. The summed E-state index contributed by atoms with van der Waals surface area (Å²) in [5.74, 6) is -0.643. The van der Waals surface area contributed by atoms with Crippen molar-refractivity contribution in [2.24, 2.45) is 0 Å². The van der Waals surface area contributed by atoms with Crippen LogP contribution in [-0.4, -0.2) is 17.2 Å². The first-order valence-electron chi connectivity index (χ1n) is 6.47. The van der Waals surface area contributed by atoms with Gasteiger partial charge in [-0.15, -0.1) is 0 Å². The third kappa shape index (κ3) is 4.07. The summed E-state index contributed by atoms with van der Waals surface area (Å²) in [5.41, 5.74) is 1.43. The van der Waals surface area contributed by atoms with E-state index in [-0.39, 0.29) is 6.42 Å². The van der Waals surface area contributed by atoms with Crippen LogP contribution < -0.4 is 4.74 Å². The Labute approximate surface area is 143 Å². The summed E-state index contributed by atoms with van der Waals surface area (Å²) >= 11 is 18.0. The van der Waals surface area contributed by atoms with Gasteiger partial charge in [0.05, 0.1) is 10.0 Å². The lowest BCUT2D eigenvalue weighted by molar-refractivity contribution is -0.145. The molecular weight excluding hydrogens is 347 g/mol. The second-order valence-corrected chi connectivity index (χ2v) is 5.97. The zero-order valence-corrected chi connectivity index (χ0v) is 13.9. The van der Waals surface area contributed by atoms with Gasteiger partial charge >= 0.3 is 5.97 Å². The lowest BCUT2D eigenvalue weighted by Gasteiger charge is -2.17. The molecular formula is C16H13Cl3O3. The number of aryl methyl sites for hydroxylation is 1. The molecule has 0 bridgehead atoms. The quantitative estimate of drug-likeness (QED) is 0.814. The molecule has 0 saturated heterocycles. The molecule has 2 aromatic carbocycles. The van der Waals surface area contributed by atoms with Crippen LogP contribution in [0.5, 0.6) is 5.75 Å². The summed E-state index contributed by atoms with van der Waals surface area (Å²) in [6, 6.07) is 10.1. The van der Waals surface area contributed by atoms with Crippen LogP contribution in [0.4, 0.5) is 0 Å². The van der Waals surface area contributed by atoms with Gasteiger partial charge in [-0.05, 0) is 42.3 Å². The number of ether oxygens (including phenoxy) is 1. The molecule has 6 heteroatoms. The van der Waals surface area contributed by atoms with Crippen molar-refractivity contribution in [3.05, 3.63) is 62.6 Å². The molecule has 0 spiro atoms. The van der Waals surface area contributed by atoms with Gasteiger partial charge in [0.1, 0.15) is 5.75 Å². The van der Waals surface area contributed by atoms with Gasteiger partial charge < -0.3 is 9.84 Å². The number of carboxylic acid groups (broad SMARTS) is 1. The zero-order valence-electron chi connectivity index (χ0n) is 11.6. The van der Waals surface area contributed by atoms with Gasteiger partial charge in [-0.3, -0.25) is 0 Å². The summed E-state index contributed by atoms with van der Waals surface area (Å²) < 4.78 is 5.55. The van der Waals surface area contributed by atoms with Gasteiger partial charge in [-0.2, -0.15) is 0 Å². The Kier molecular flexibility index (Phi) is 5.57. The van der Waals surface area contributed by atoms with E-state index in [4.69, 9.17) is 39.5 Å². The Morgan fingerprint density at radius 1 is 1.18 bits per heavy atom. The lowest BCUT2D eigenvalue weighted by Crippen LogP contribution is -2.29. The maximum Gasteiger partial charge on any atom is 0.345 e. The fraction of sp³-hybridized carbons (Fsp3) is 0.188. The van der Waals surface area contributed by atoms with E-state index in [0.717, 1.165) is 5.56 Å². The van der Waals surface area contributed by atoms with Crippen molar-refractivity contribution in [1.29, 1.82) is 0 Å². The predicted molar refractivity (Wildman–Crippen MR) is 88.4 cm³/mol. The Morgan fingerprint density at radius 2 is 1.91 bits per heavy atom. The number of hydrogen-bond donors (Lipinski definition) is 1. The van der Waals surface area contributed by atoms with Crippen molar-refractivity contribution in [2.45, 2.75) is 19.4 Å². The minimum atomic E-state index is -1.08. The Hall–Kier alpha value is -1.42. The van der Waals surface area contributed by atoms with Gasteiger partial charge in [-0.25, -0.2) is 4.79 Å². The topological polar surface area (TPSA) is 46.5 Å².